The number of aromatic carboxylic acids is 1. The lowest BCUT2D eigenvalue weighted by atomic mass is 9.72. The van der Waals surface area contributed by atoms with Gasteiger partial charge < -0.3 is 41.2 Å². The fraction of sp³-hybridized carbons (Fsp3) is 0.333. The number of urea groups is 2. The van der Waals surface area contributed by atoms with Crippen molar-refractivity contribution < 1.29 is 47.9 Å². The molecule has 7 N–H and O–H groups in total. The molecule has 212 valence electrons. The van der Waals surface area contributed by atoms with Gasteiger partial charge in [0, 0.05) is 38.3 Å². The summed E-state index contributed by atoms with van der Waals surface area (Å²) in [7, 11) is -1.75. The van der Waals surface area contributed by atoms with Gasteiger partial charge in [0.05, 0.1) is 17.1 Å². The summed E-state index contributed by atoms with van der Waals surface area (Å²) < 4.78 is 35.1. The van der Waals surface area contributed by atoms with E-state index in [1.165, 1.54) is 23.1 Å². The first kappa shape index (κ1) is 28.6. The Morgan fingerprint density at radius 3 is 2.55 bits per heavy atom. The second-order valence-electron chi connectivity index (χ2n) is 9.20. The Labute approximate surface area is 226 Å². The van der Waals surface area contributed by atoms with Crippen molar-refractivity contribution in [3.63, 3.8) is 0 Å². The number of nitrogens with one attached hydrogen (secondary N) is 2. The molecule has 2 aromatic rings. The molecule has 13 nitrogen and oxygen atoms in total. The van der Waals surface area contributed by atoms with Crippen molar-refractivity contribution >= 4 is 31.1 Å². The second kappa shape index (κ2) is 11.8. The van der Waals surface area contributed by atoms with Gasteiger partial charge in [-0.2, -0.15) is 0 Å². The molecule has 0 spiro atoms. The van der Waals surface area contributed by atoms with Gasteiger partial charge in [-0.1, -0.05) is 12.1 Å². The first-order valence-corrected chi connectivity index (χ1v) is 12.3. The molecule has 1 saturated heterocycles. The molecular weight excluding hydrogens is 535 g/mol. The highest BCUT2D eigenvalue weighted by atomic mass is 19.1. The van der Waals surface area contributed by atoms with Gasteiger partial charge in [-0.3, -0.25) is 4.79 Å². The normalized spacial score (nSPS) is 17.6. The molecule has 2 atom stereocenters. The van der Waals surface area contributed by atoms with Gasteiger partial charge in [0.25, 0.3) is 0 Å². The molecule has 2 heterocycles. The lowest BCUT2D eigenvalue weighted by Gasteiger charge is -2.35. The second-order valence-corrected chi connectivity index (χ2v) is 9.20. The number of nitrogens with zero attached hydrogens (tertiary/aromatic N) is 2. The van der Waals surface area contributed by atoms with Crippen LogP contribution in [0, 0.1) is 11.6 Å². The number of halogens is 2. The van der Waals surface area contributed by atoms with E-state index in [1.807, 2.05) is 0 Å². The maximum atomic E-state index is 14.9. The molecule has 2 aliphatic rings. The molecule has 0 unspecified atom stereocenters. The van der Waals surface area contributed by atoms with Crippen molar-refractivity contribution in [3.05, 3.63) is 58.7 Å². The number of hydrogen-bond acceptors (Lipinski definition) is 8. The summed E-state index contributed by atoms with van der Waals surface area (Å²) in [6.07, 6.45) is 0.268. The lowest BCUT2D eigenvalue weighted by molar-refractivity contribution is -0.123. The first-order chi connectivity index (χ1) is 19.0. The monoisotopic (exact) mass is 561 g/mol. The van der Waals surface area contributed by atoms with Crippen LogP contribution in [0.1, 0.15) is 33.9 Å². The number of phenols is 1. The summed E-state index contributed by atoms with van der Waals surface area (Å²) in [6, 6.07) is 1.44. The third-order valence-corrected chi connectivity index (χ3v) is 6.52. The van der Waals surface area contributed by atoms with Crippen LogP contribution in [0.3, 0.4) is 0 Å². The summed E-state index contributed by atoms with van der Waals surface area (Å²) in [4.78, 5) is 52.8. The van der Waals surface area contributed by atoms with E-state index in [4.69, 9.17) is 10.4 Å². The first-order valence-electron chi connectivity index (χ1n) is 12.3. The minimum atomic E-state index is -2.05. The average Bonchev–Trinajstić information content (AvgIpc) is 2.88. The molecule has 0 saturated carbocycles. The number of phenolic OH excluding ortho intramolecular Hbond substituents is 1. The van der Waals surface area contributed by atoms with Crippen LogP contribution >= 0.6 is 0 Å². The number of aromatic hydroxyl groups is 1. The van der Waals surface area contributed by atoms with E-state index in [-0.39, 0.29) is 37.4 Å². The van der Waals surface area contributed by atoms with Crippen LogP contribution in [0.2, 0.25) is 0 Å². The molecule has 0 aromatic heterocycles. The lowest BCUT2D eigenvalue weighted by Crippen LogP contribution is -2.58. The van der Waals surface area contributed by atoms with Crippen molar-refractivity contribution in [2.45, 2.75) is 24.8 Å². The Morgan fingerprint density at radius 2 is 1.90 bits per heavy atom. The number of carbonyl (C=O) groups excluding carboxylic acids is 3. The number of nitrogens with two attached hydrogens (primary N) is 1. The summed E-state index contributed by atoms with van der Waals surface area (Å²) >= 11 is 0. The largest absolute Gasteiger partial charge is 0.547 e. The van der Waals surface area contributed by atoms with E-state index in [0.29, 0.717) is 30.7 Å². The zero-order valence-electron chi connectivity index (χ0n) is 21.0. The minimum Gasteiger partial charge on any atom is -0.534 e. The number of carboxylic acid groups (broad SMARTS) is 1. The standard InChI is InChI=1S/C24H26BF2N5O8/c26-15-10-13(33)11-16(27)18(15)19(30-23(37)32-7-2-6-31(8-5-28)24(32)38)21(34)29-17-9-12-3-1-4-14(22(35)36)20(12)40-25(17)39/h1,3-4,10-11,17,19,33,39H,2,5-9,28H2,(H,29,34)(H,30,37)(H,35,36)/t17-,19-/m0/s1. The van der Waals surface area contributed by atoms with Gasteiger partial charge in [0.2, 0.25) is 5.91 Å². The highest BCUT2D eigenvalue weighted by molar-refractivity contribution is 6.47. The van der Waals surface area contributed by atoms with Gasteiger partial charge in [0.1, 0.15) is 29.2 Å². The Bertz CT molecular complexity index is 1320. The number of amides is 5. The van der Waals surface area contributed by atoms with Crippen molar-refractivity contribution in [1.82, 2.24) is 20.4 Å². The quantitative estimate of drug-likeness (QED) is 0.259. The fourth-order valence-corrected chi connectivity index (χ4v) is 4.63. The van der Waals surface area contributed by atoms with E-state index in [9.17, 15) is 43.2 Å². The third kappa shape index (κ3) is 5.77. The van der Waals surface area contributed by atoms with Gasteiger partial charge in [0.15, 0.2) is 0 Å². The van der Waals surface area contributed by atoms with Crippen LogP contribution in [0.4, 0.5) is 18.4 Å². The maximum Gasteiger partial charge on any atom is 0.547 e. The topological polar surface area (TPSA) is 195 Å². The number of para-hydroxylation sites is 1. The molecular formula is C24H26BF2N5O8. The summed E-state index contributed by atoms with van der Waals surface area (Å²) in [6.45, 7) is 0.617. The summed E-state index contributed by atoms with van der Waals surface area (Å²) in [5.74, 6) is -7.28. The Balaban J connectivity index is 1.61. The van der Waals surface area contributed by atoms with Gasteiger partial charge in [-0.05, 0) is 24.5 Å². The fourth-order valence-electron chi connectivity index (χ4n) is 4.63. The van der Waals surface area contributed by atoms with Crippen molar-refractivity contribution in [1.29, 1.82) is 0 Å². The molecule has 16 heteroatoms. The van der Waals surface area contributed by atoms with Crippen LogP contribution in [-0.4, -0.2) is 88.2 Å². The predicted octanol–water partition coefficient (Wildman–Crippen LogP) is 0.345. The number of hydrogen-bond donors (Lipinski definition) is 6. The minimum absolute atomic E-state index is 0.0293. The molecule has 0 aliphatic carbocycles. The molecule has 2 aromatic carbocycles. The van der Waals surface area contributed by atoms with E-state index >= 15 is 0 Å². The maximum absolute atomic E-state index is 14.9. The van der Waals surface area contributed by atoms with Gasteiger partial charge >= 0.3 is 25.1 Å². The zero-order valence-corrected chi connectivity index (χ0v) is 21.0. The number of imide groups is 1. The molecule has 1 fully saturated rings. The molecule has 4 rings (SSSR count). The molecule has 0 bridgehead atoms. The molecule has 40 heavy (non-hydrogen) atoms. The van der Waals surface area contributed by atoms with Crippen LogP contribution in [-0.2, 0) is 11.2 Å². The van der Waals surface area contributed by atoms with Crippen LogP contribution in [0.25, 0.3) is 0 Å². The van der Waals surface area contributed by atoms with Crippen LogP contribution in [0.15, 0.2) is 30.3 Å². The highest BCUT2D eigenvalue weighted by Gasteiger charge is 2.41. The van der Waals surface area contributed by atoms with E-state index < -0.39 is 66.0 Å². The molecule has 5 amide bonds. The third-order valence-electron chi connectivity index (χ3n) is 6.52. The average molecular weight is 561 g/mol. The van der Waals surface area contributed by atoms with E-state index in [2.05, 4.69) is 10.6 Å². The molecule has 0 radical (unpaired) electrons. The Hall–Kier alpha value is -4.44. The summed E-state index contributed by atoms with van der Waals surface area (Å²) in [5, 5.41) is 34.0. The SMILES string of the molecule is NCCN1CCCN(C(=O)N[C@H](C(=O)N[C@H]2Cc3cccc(C(=O)O)c3OB2O)c2c(F)cc(O)cc2F)C1=O. The number of rotatable bonds is 7. The van der Waals surface area contributed by atoms with Crippen molar-refractivity contribution in [2.24, 2.45) is 5.73 Å². The van der Waals surface area contributed by atoms with E-state index in [1.54, 1.807) is 0 Å². The van der Waals surface area contributed by atoms with Crippen LogP contribution < -0.4 is 21.0 Å². The number of fused-ring (bicyclic) bond motifs is 1. The number of benzene rings is 2. The number of carboxylic acids is 1. The number of carbonyl (C=O) groups is 4. The van der Waals surface area contributed by atoms with Crippen LogP contribution in [0.5, 0.6) is 11.5 Å². The van der Waals surface area contributed by atoms with E-state index in [0.717, 1.165) is 4.90 Å². The smallest absolute Gasteiger partial charge is 0.534 e. The Morgan fingerprint density at radius 1 is 1.20 bits per heavy atom. The Kier molecular flexibility index (Phi) is 8.39. The predicted molar refractivity (Wildman–Crippen MR) is 134 cm³/mol. The summed E-state index contributed by atoms with van der Waals surface area (Å²) in [5.41, 5.74) is 4.70. The van der Waals surface area contributed by atoms with Gasteiger partial charge in [-0.25, -0.2) is 28.1 Å². The zero-order chi connectivity index (χ0) is 29.1. The van der Waals surface area contributed by atoms with Gasteiger partial charge in [-0.15, -0.1) is 0 Å². The highest BCUT2D eigenvalue weighted by Crippen LogP contribution is 2.31. The van der Waals surface area contributed by atoms with Crippen molar-refractivity contribution in [2.75, 3.05) is 26.2 Å². The molecule has 2 aliphatic heterocycles. The van der Waals surface area contributed by atoms with Crippen molar-refractivity contribution in [3.8, 4) is 11.5 Å².